The monoisotopic (exact) mass is 476 g/mol. The molecule has 4 rings (SSSR count). The number of nitrogens with zero attached hydrogens (tertiary/aromatic N) is 5. The Labute approximate surface area is 189 Å². The molecule has 0 saturated heterocycles. The molecule has 0 fully saturated rings. The molecule has 0 radical (unpaired) electrons. The Hall–Kier alpha value is -3.67. The number of carbonyl (C=O) groups excluding carboxylic acids is 1. The van der Waals surface area contributed by atoms with Crippen molar-refractivity contribution in [3.8, 4) is 10.7 Å². The van der Waals surface area contributed by atoms with Crippen molar-refractivity contribution in [1.29, 1.82) is 0 Å². The number of hydrogen-bond donors (Lipinski definition) is 1. The molecule has 0 saturated carbocycles. The molecule has 1 N–H and O–H groups in total. The molecule has 1 aromatic carbocycles. The number of aromatic nitrogens is 5. The van der Waals surface area contributed by atoms with Gasteiger partial charge in [0.25, 0.3) is 5.91 Å². The van der Waals surface area contributed by atoms with Gasteiger partial charge in [-0.05, 0) is 43.7 Å². The van der Waals surface area contributed by atoms with Crippen LogP contribution < -0.4 is 5.32 Å². The number of anilines is 1. The highest BCUT2D eigenvalue weighted by Crippen LogP contribution is 2.36. The van der Waals surface area contributed by atoms with Gasteiger partial charge in [0.15, 0.2) is 5.01 Å². The van der Waals surface area contributed by atoms with Crippen LogP contribution in [0, 0.1) is 12.7 Å². The van der Waals surface area contributed by atoms with Crippen LogP contribution in [0.2, 0.25) is 0 Å². The maximum Gasteiger partial charge on any atom is 0.416 e. The van der Waals surface area contributed by atoms with Crippen molar-refractivity contribution < 1.29 is 22.4 Å². The van der Waals surface area contributed by atoms with Gasteiger partial charge in [0.2, 0.25) is 5.01 Å². The van der Waals surface area contributed by atoms with E-state index in [0.29, 0.717) is 28.1 Å². The molecule has 1 atom stereocenters. The average Bonchev–Trinajstić information content (AvgIpc) is 3.41. The van der Waals surface area contributed by atoms with Gasteiger partial charge in [-0.25, -0.2) is 4.39 Å². The number of benzene rings is 1. The first-order valence-electron chi connectivity index (χ1n) is 9.62. The summed E-state index contributed by atoms with van der Waals surface area (Å²) in [5, 5.41) is 15.3. The van der Waals surface area contributed by atoms with Gasteiger partial charge in [0.1, 0.15) is 11.5 Å². The minimum Gasteiger partial charge on any atom is -0.317 e. The van der Waals surface area contributed by atoms with E-state index in [4.69, 9.17) is 0 Å². The van der Waals surface area contributed by atoms with E-state index in [0.717, 1.165) is 23.5 Å². The maximum atomic E-state index is 13.4. The minimum atomic E-state index is -4.73. The first kappa shape index (κ1) is 22.5. The van der Waals surface area contributed by atoms with Gasteiger partial charge in [0, 0.05) is 12.4 Å². The molecule has 0 aliphatic heterocycles. The molecular weight excluding hydrogens is 460 g/mol. The summed E-state index contributed by atoms with van der Waals surface area (Å²) in [6.45, 7) is 3.11. The van der Waals surface area contributed by atoms with Crippen molar-refractivity contribution in [2.75, 3.05) is 5.32 Å². The summed E-state index contributed by atoms with van der Waals surface area (Å²) in [5.41, 5.74) is 0.0436. The average molecular weight is 476 g/mol. The largest absolute Gasteiger partial charge is 0.416 e. The third-order valence-electron chi connectivity index (χ3n) is 4.84. The summed E-state index contributed by atoms with van der Waals surface area (Å²) in [6.07, 6.45) is -1.71. The van der Waals surface area contributed by atoms with Crippen molar-refractivity contribution in [2.45, 2.75) is 26.1 Å². The molecular formula is C21H16F4N6OS. The van der Waals surface area contributed by atoms with Crippen molar-refractivity contribution in [3.63, 3.8) is 0 Å². The molecule has 3 heterocycles. The van der Waals surface area contributed by atoms with Gasteiger partial charge in [-0.1, -0.05) is 23.5 Å². The van der Waals surface area contributed by atoms with Crippen LogP contribution >= 0.6 is 11.3 Å². The molecule has 0 aliphatic rings. The fraction of sp³-hybridized carbons (Fsp3) is 0.190. The number of hydrogen-bond acceptors (Lipinski definition) is 6. The predicted molar refractivity (Wildman–Crippen MR) is 113 cm³/mol. The predicted octanol–water partition coefficient (Wildman–Crippen LogP) is 5.12. The second kappa shape index (κ2) is 8.70. The van der Waals surface area contributed by atoms with Gasteiger partial charge >= 0.3 is 6.18 Å². The Kier molecular flexibility index (Phi) is 5.93. The number of rotatable bonds is 5. The van der Waals surface area contributed by atoms with Gasteiger partial charge in [-0.2, -0.15) is 18.3 Å². The molecule has 170 valence electrons. The minimum absolute atomic E-state index is 0.0914. The Morgan fingerprint density at radius 3 is 2.67 bits per heavy atom. The number of carbonyl (C=O) groups is 1. The van der Waals surface area contributed by atoms with Crippen LogP contribution in [0.4, 0.5) is 23.2 Å². The van der Waals surface area contributed by atoms with E-state index in [2.05, 4.69) is 25.6 Å². The van der Waals surface area contributed by atoms with E-state index in [1.807, 2.05) is 0 Å². The van der Waals surface area contributed by atoms with Gasteiger partial charge < -0.3 is 5.32 Å². The number of halogens is 4. The molecule has 0 aliphatic carbocycles. The zero-order chi connectivity index (χ0) is 23.8. The quantitative estimate of drug-likeness (QED) is 0.404. The van der Waals surface area contributed by atoms with Gasteiger partial charge in [0.05, 0.1) is 23.0 Å². The highest BCUT2D eigenvalue weighted by Gasteiger charge is 2.35. The highest BCUT2D eigenvalue weighted by atomic mass is 32.1. The summed E-state index contributed by atoms with van der Waals surface area (Å²) in [4.78, 5) is 16.8. The van der Waals surface area contributed by atoms with Gasteiger partial charge in [-0.3, -0.25) is 14.5 Å². The second-order valence-electron chi connectivity index (χ2n) is 7.09. The van der Waals surface area contributed by atoms with E-state index >= 15 is 0 Å². The lowest BCUT2D eigenvalue weighted by molar-refractivity contribution is -0.138. The first-order valence-corrected chi connectivity index (χ1v) is 10.4. The molecule has 4 aromatic rings. The summed E-state index contributed by atoms with van der Waals surface area (Å²) in [5.74, 6) is -1.52. The zero-order valence-electron chi connectivity index (χ0n) is 17.3. The molecule has 1 amide bonds. The lowest BCUT2D eigenvalue weighted by Gasteiger charge is -2.19. The van der Waals surface area contributed by atoms with Crippen LogP contribution in [-0.2, 0) is 6.18 Å². The summed E-state index contributed by atoms with van der Waals surface area (Å²) < 4.78 is 54.9. The number of aryl methyl sites for hydroxylation is 1. The lowest BCUT2D eigenvalue weighted by atomic mass is 10.0. The SMILES string of the molecule is Cc1nn(C(C)c2ccc(F)cc2C(F)(F)F)cc1NC(=O)c1nnc(-c2ccccn2)s1. The fourth-order valence-electron chi connectivity index (χ4n) is 3.17. The lowest BCUT2D eigenvalue weighted by Crippen LogP contribution is -2.16. The smallest absolute Gasteiger partial charge is 0.317 e. The maximum absolute atomic E-state index is 13.4. The Bertz CT molecular complexity index is 1300. The van der Waals surface area contributed by atoms with Crippen molar-refractivity contribution in [3.05, 3.63) is 76.4 Å². The third-order valence-corrected chi connectivity index (χ3v) is 5.78. The van der Waals surface area contributed by atoms with Crippen LogP contribution in [-0.4, -0.2) is 30.9 Å². The van der Waals surface area contributed by atoms with E-state index in [9.17, 15) is 22.4 Å². The Balaban J connectivity index is 1.56. The molecule has 33 heavy (non-hydrogen) atoms. The summed E-state index contributed by atoms with van der Waals surface area (Å²) in [7, 11) is 0. The number of pyridine rings is 1. The molecule has 1 unspecified atom stereocenters. The molecule has 12 heteroatoms. The van der Waals surface area contributed by atoms with E-state index in [-0.39, 0.29) is 10.6 Å². The van der Waals surface area contributed by atoms with Crippen LogP contribution in [0.3, 0.4) is 0 Å². The van der Waals surface area contributed by atoms with E-state index in [1.54, 1.807) is 31.3 Å². The van der Waals surface area contributed by atoms with Crippen molar-refractivity contribution in [1.82, 2.24) is 25.0 Å². The fourth-order valence-corrected chi connectivity index (χ4v) is 3.88. The molecule has 0 bridgehead atoms. The molecule has 0 spiro atoms. The van der Waals surface area contributed by atoms with Crippen molar-refractivity contribution >= 4 is 22.9 Å². The second-order valence-corrected chi connectivity index (χ2v) is 8.07. The van der Waals surface area contributed by atoms with Crippen LogP contribution in [0.1, 0.15) is 39.6 Å². The number of alkyl halides is 3. The summed E-state index contributed by atoms with van der Waals surface area (Å²) >= 11 is 1.05. The normalized spacial score (nSPS) is 12.5. The topological polar surface area (TPSA) is 85.6 Å². The van der Waals surface area contributed by atoms with E-state index in [1.165, 1.54) is 17.8 Å². The number of nitrogens with one attached hydrogen (secondary N) is 1. The van der Waals surface area contributed by atoms with Crippen molar-refractivity contribution in [2.24, 2.45) is 0 Å². The van der Waals surface area contributed by atoms with Gasteiger partial charge in [-0.15, -0.1) is 10.2 Å². The number of amides is 1. The third kappa shape index (κ3) is 4.75. The van der Waals surface area contributed by atoms with E-state index < -0.39 is 29.5 Å². The van der Waals surface area contributed by atoms with Crippen LogP contribution in [0.15, 0.2) is 48.8 Å². The van der Waals surface area contributed by atoms with Crippen LogP contribution in [0.25, 0.3) is 10.7 Å². The zero-order valence-corrected chi connectivity index (χ0v) is 18.1. The Morgan fingerprint density at radius 1 is 1.18 bits per heavy atom. The standard InChI is InChI=1S/C21H16F4N6OS/c1-11-17(27-18(32)20-29-28-19(33-20)16-5-3-4-8-26-16)10-31(30-11)12(2)14-7-6-13(22)9-15(14)21(23,24)25/h3-10,12H,1-2H3,(H,27,32). The highest BCUT2D eigenvalue weighted by molar-refractivity contribution is 7.16. The molecule has 3 aromatic heterocycles. The van der Waals surface area contributed by atoms with Crippen LogP contribution in [0.5, 0.6) is 0 Å². The summed E-state index contributed by atoms with van der Waals surface area (Å²) in [6, 6.07) is 6.91. The first-order chi connectivity index (χ1) is 15.6. The molecule has 7 nitrogen and oxygen atoms in total. The Morgan fingerprint density at radius 2 is 1.97 bits per heavy atom.